The summed E-state index contributed by atoms with van der Waals surface area (Å²) in [7, 11) is 0. The highest BCUT2D eigenvalue weighted by atomic mass is 16.6. The Bertz CT molecular complexity index is 555. The van der Waals surface area contributed by atoms with E-state index in [1.54, 1.807) is 18.4 Å². The van der Waals surface area contributed by atoms with Crippen molar-refractivity contribution in [2.75, 3.05) is 13.2 Å². The molecule has 1 aromatic heterocycles. The molecular weight excluding hydrogens is 272 g/mol. The number of nitrogens with zero attached hydrogens (tertiary/aromatic N) is 1. The van der Waals surface area contributed by atoms with Crippen molar-refractivity contribution >= 4 is 5.69 Å². The Kier molecular flexibility index (Phi) is 5.93. The van der Waals surface area contributed by atoms with Gasteiger partial charge in [-0.05, 0) is 30.7 Å². The Balaban J connectivity index is 1.57. The average molecular weight is 290 g/mol. The van der Waals surface area contributed by atoms with Gasteiger partial charge in [-0.2, -0.15) is 0 Å². The van der Waals surface area contributed by atoms with E-state index in [0.29, 0.717) is 19.8 Å². The molecule has 0 radical (unpaired) electrons. The number of furan rings is 1. The fourth-order valence-corrected chi connectivity index (χ4v) is 1.88. The van der Waals surface area contributed by atoms with E-state index >= 15 is 0 Å². The minimum Gasteiger partial charge on any atom is -0.467 e. The van der Waals surface area contributed by atoms with Crippen LogP contribution in [0.25, 0.3) is 0 Å². The van der Waals surface area contributed by atoms with Crippen LogP contribution < -0.4 is 5.32 Å². The number of benzene rings is 1. The Labute approximate surface area is 122 Å². The third-order valence-electron chi connectivity index (χ3n) is 2.92. The van der Waals surface area contributed by atoms with E-state index in [4.69, 9.17) is 9.15 Å². The Morgan fingerprint density at radius 3 is 2.95 bits per heavy atom. The molecule has 0 unspecified atom stereocenters. The SMILES string of the molecule is O=[N+]([O-])c1cccc(CNCCCOCc2ccco2)c1. The largest absolute Gasteiger partial charge is 0.467 e. The first-order chi connectivity index (χ1) is 10.3. The van der Waals surface area contributed by atoms with Gasteiger partial charge >= 0.3 is 0 Å². The molecule has 21 heavy (non-hydrogen) atoms. The highest BCUT2D eigenvalue weighted by Gasteiger charge is 2.04. The molecule has 2 rings (SSSR count). The smallest absolute Gasteiger partial charge is 0.269 e. The van der Waals surface area contributed by atoms with Crippen molar-refractivity contribution in [3.8, 4) is 0 Å². The monoisotopic (exact) mass is 290 g/mol. The van der Waals surface area contributed by atoms with Crippen LogP contribution in [0, 0.1) is 10.1 Å². The van der Waals surface area contributed by atoms with Crippen LogP contribution in [-0.2, 0) is 17.9 Å². The third-order valence-corrected chi connectivity index (χ3v) is 2.92. The Morgan fingerprint density at radius 1 is 1.29 bits per heavy atom. The van der Waals surface area contributed by atoms with E-state index in [0.717, 1.165) is 24.3 Å². The van der Waals surface area contributed by atoms with E-state index in [1.807, 2.05) is 18.2 Å². The van der Waals surface area contributed by atoms with Crippen molar-refractivity contribution in [3.05, 3.63) is 64.1 Å². The number of nitrogens with one attached hydrogen (secondary N) is 1. The lowest BCUT2D eigenvalue weighted by molar-refractivity contribution is -0.384. The van der Waals surface area contributed by atoms with Gasteiger partial charge in [-0.1, -0.05) is 12.1 Å². The highest BCUT2D eigenvalue weighted by molar-refractivity contribution is 5.34. The minimum atomic E-state index is -0.383. The number of hydrogen-bond acceptors (Lipinski definition) is 5. The Morgan fingerprint density at radius 2 is 2.19 bits per heavy atom. The lowest BCUT2D eigenvalue weighted by Gasteiger charge is -2.05. The molecule has 2 aromatic rings. The predicted molar refractivity (Wildman–Crippen MR) is 77.8 cm³/mol. The van der Waals surface area contributed by atoms with Gasteiger partial charge in [0.05, 0.1) is 11.2 Å². The quantitative estimate of drug-likeness (QED) is 0.436. The number of non-ortho nitro benzene ring substituents is 1. The first kappa shape index (κ1) is 15.2. The molecule has 0 saturated heterocycles. The summed E-state index contributed by atoms with van der Waals surface area (Å²) in [5.41, 5.74) is 1.02. The molecule has 112 valence electrons. The van der Waals surface area contributed by atoms with Gasteiger partial charge in [-0.25, -0.2) is 0 Å². The second-order valence-electron chi connectivity index (χ2n) is 4.59. The fraction of sp³-hybridized carbons (Fsp3) is 0.333. The lowest BCUT2D eigenvalue weighted by Crippen LogP contribution is -2.16. The van der Waals surface area contributed by atoms with E-state index < -0.39 is 0 Å². The van der Waals surface area contributed by atoms with Gasteiger partial charge < -0.3 is 14.5 Å². The molecule has 0 aliphatic carbocycles. The first-order valence-corrected chi connectivity index (χ1v) is 6.80. The van der Waals surface area contributed by atoms with E-state index in [2.05, 4.69) is 5.32 Å². The summed E-state index contributed by atoms with van der Waals surface area (Å²) in [6, 6.07) is 10.3. The van der Waals surface area contributed by atoms with Crippen molar-refractivity contribution in [2.45, 2.75) is 19.6 Å². The molecule has 0 atom stereocenters. The maximum absolute atomic E-state index is 10.7. The maximum atomic E-state index is 10.7. The first-order valence-electron chi connectivity index (χ1n) is 6.80. The fourth-order valence-electron chi connectivity index (χ4n) is 1.88. The van der Waals surface area contributed by atoms with Crippen LogP contribution >= 0.6 is 0 Å². The zero-order chi connectivity index (χ0) is 14.9. The zero-order valence-electron chi connectivity index (χ0n) is 11.7. The third kappa shape index (κ3) is 5.37. The lowest BCUT2D eigenvalue weighted by atomic mass is 10.2. The number of rotatable bonds is 9. The van der Waals surface area contributed by atoms with Gasteiger partial charge in [0.1, 0.15) is 12.4 Å². The maximum Gasteiger partial charge on any atom is 0.269 e. The van der Waals surface area contributed by atoms with Crippen LogP contribution in [0.1, 0.15) is 17.7 Å². The molecule has 1 aromatic carbocycles. The van der Waals surface area contributed by atoms with Crippen LogP contribution in [0.15, 0.2) is 47.1 Å². The van der Waals surface area contributed by atoms with Crippen LogP contribution in [-0.4, -0.2) is 18.1 Å². The molecule has 0 aliphatic rings. The molecule has 0 spiro atoms. The molecule has 6 heteroatoms. The Hall–Kier alpha value is -2.18. The second-order valence-corrected chi connectivity index (χ2v) is 4.59. The number of hydrogen-bond donors (Lipinski definition) is 1. The van der Waals surface area contributed by atoms with Crippen LogP contribution in [0.5, 0.6) is 0 Å². The van der Waals surface area contributed by atoms with Gasteiger partial charge in [0.25, 0.3) is 5.69 Å². The molecule has 0 bridgehead atoms. The highest BCUT2D eigenvalue weighted by Crippen LogP contribution is 2.12. The van der Waals surface area contributed by atoms with Crippen molar-refractivity contribution < 1.29 is 14.1 Å². The van der Waals surface area contributed by atoms with Gasteiger partial charge in [0.2, 0.25) is 0 Å². The van der Waals surface area contributed by atoms with E-state index in [9.17, 15) is 10.1 Å². The van der Waals surface area contributed by atoms with Crippen molar-refractivity contribution in [2.24, 2.45) is 0 Å². The summed E-state index contributed by atoms with van der Waals surface area (Å²) < 4.78 is 10.6. The summed E-state index contributed by atoms with van der Waals surface area (Å²) in [6.45, 7) is 2.53. The zero-order valence-corrected chi connectivity index (χ0v) is 11.7. The van der Waals surface area contributed by atoms with Gasteiger partial charge in [0.15, 0.2) is 0 Å². The summed E-state index contributed by atoms with van der Waals surface area (Å²) >= 11 is 0. The molecule has 0 fully saturated rings. The topological polar surface area (TPSA) is 77.5 Å². The predicted octanol–water partition coefficient (Wildman–Crippen LogP) is 2.88. The number of ether oxygens (including phenoxy) is 1. The van der Waals surface area contributed by atoms with Crippen LogP contribution in [0.2, 0.25) is 0 Å². The van der Waals surface area contributed by atoms with Crippen molar-refractivity contribution in [1.82, 2.24) is 5.32 Å². The normalized spacial score (nSPS) is 10.7. The molecule has 1 N–H and O–H groups in total. The van der Waals surface area contributed by atoms with E-state index in [-0.39, 0.29) is 10.6 Å². The van der Waals surface area contributed by atoms with E-state index in [1.165, 1.54) is 6.07 Å². The molecule has 0 amide bonds. The standard InChI is InChI=1S/C15H18N2O4/c18-17(19)14-5-1-4-13(10-14)11-16-7-3-8-20-12-15-6-2-9-21-15/h1-2,4-6,9-10,16H,3,7-8,11-12H2. The number of nitro benzene ring substituents is 1. The van der Waals surface area contributed by atoms with Gasteiger partial charge in [0, 0.05) is 25.3 Å². The average Bonchev–Trinajstić information content (AvgIpc) is 3.00. The van der Waals surface area contributed by atoms with Gasteiger partial charge in [-0.15, -0.1) is 0 Å². The molecule has 0 saturated carbocycles. The molecule has 0 aliphatic heterocycles. The summed E-state index contributed by atoms with van der Waals surface area (Å²) in [6.07, 6.45) is 2.49. The summed E-state index contributed by atoms with van der Waals surface area (Å²) in [4.78, 5) is 10.3. The summed E-state index contributed by atoms with van der Waals surface area (Å²) in [5, 5.41) is 13.9. The summed E-state index contributed by atoms with van der Waals surface area (Å²) in [5.74, 6) is 0.819. The molecule has 6 nitrogen and oxygen atoms in total. The molecular formula is C15H18N2O4. The van der Waals surface area contributed by atoms with Gasteiger partial charge in [-0.3, -0.25) is 10.1 Å². The molecule has 1 heterocycles. The van der Waals surface area contributed by atoms with Crippen molar-refractivity contribution in [3.63, 3.8) is 0 Å². The van der Waals surface area contributed by atoms with Crippen LogP contribution in [0.4, 0.5) is 5.69 Å². The van der Waals surface area contributed by atoms with Crippen molar-refractivity contribution in [1.29, 1.82) is 0 Å². The second kappa shape index (κ2) is 8.18. The number of nitro groups is 1. The van der Waals surface area contributed by atoms with Crippen LogP contribution in [0.3, 0.4) is 0 Å². The minimum absolute atomic E-state index is 0.121.